The molecular weight excluding hydrogens is 326 g/mol. The standard InChI is InChI=1S/C13H9F4NO3S/c14-10-5-2-6-11(15)12(10)22(19,20)18-8-3-1-4-9(7-8)21-13(16)17/h1-7,13,18H. The van der Waals surface area contributed by atoms with E-state index in [1.807, 2.05) is 4.72 Å². The number of halogens is 4. The maximum absolute atomic E-state index is 13.5. The average Bonchev–Trinajstić information content (AvgIpc) is 2.36. The number of nitrogens with one attached hydrogen (secondary N) is 1. The van der Waals surface area contributed by atoms with Crippen molar-refractivity contribution in [2.45, 2.75) is 11.5 Å². The van der Waals surface area contributed by atoms with Gasteiger partial charge in [-0.2, -0.15) is 8.78 Å². The van der Waals surface area contributed by atoms with Crippen molar-refractivity contribution in [2.75, 3.05) is 4.72 Å². The van der Waals surface area contributed by atoms with Crippen LogP contribution in [0.25, 0.3) is 0 Å². The number of hydrogen-bond donors (Lipinski definition) is 1. The van der Waals surface area contributed by atoms with Gasteiger partial charge in [0.2, 0.25) is 0 Å². The largest absolute Gasteiger partial charge is 0.435 e. The van der Waals surface area contributed by atoms with Crippen LogP contribution >= 0.6 is 0 Å². The van der Waals surface area contributed by atoms with Crippen LogP contribution in [0.4, 0.5) is 23.2 Å². The number of ether oxygens (including phenoxy) is 1. The molecule has 0 fully saturated rings. The predicted molar refractivity (Wildman–Crippen MR) is 70.2 cm³/mol. The highest BCUT2D eigenvalue weighted by Gasteiger charge is 2.24. The summed E-state index contributed by atoms with van der Waals surface area (Å²) in [6, 6.07) is 7.18. The molecule has 0 saturated heterocycles. The molecule has 0 atom stereocenters. The molecule has 0 radical (unpaired) electrons. The summed E-state index contributed by atoms with van der Waals surface area (Å²) in [5, 5.41) is 0. The van der Waals surface area contributed by atoms with Crippen molar-refractivity contribution in [1.29, 1.82) is 0 Å². The average molecular weight is 335 g/mol. The van der Waals surface area contributed by atoms with Gasteiger partial charge in [-0.1, -0.05) is 12.1 Å². The molecule has 0 aliphatic heterocycles. The number of hydrogen-bond acceptors (Lipinski definition) is 3. The van der Waals surface area contributed by atoms with Gasteiger partial charge < -0.3 is 4.74 Å². The second-order valence-corrected chi connectivity index (χ2v) is 5.68. The van der Waals surface area contributed by atoms with E-state index in [4.69, 9.17) is 0 Å². The topological polar surface area (TPSA) is 55.4 Å². The summed E-state index contributed by atoms with van der Waals surface area (Å²) < 4.78 is 81.2. The molecule has 0 aliphatic carbocycles. The zero-order valence-electron chi connectivity index (χ0n) is 10.8. The number of rotatable bonds is 5. The molecular formula is C13H9F4NO3S. The lowest BCUT2D eigenvalue weighted by Crippen LogP contribution is -2.16. The lowest BCUT2D eigenvalue weighted by atomic mass is 10.3. The number of benzene rings is 2. The molecule has 0 bridgehead atoms. The van der Waals surface area contributed by atoms with Crippen molar-refractivity contribution >= 4 is 15.7 Å². The Bertz CT molecular complexity index is 760. The van der Waals surface area contributed by atoms with Gasteiger partial charge in [0, 0.05) is 6.07 Å². The molecule has 0 saturated carbocycles. The third-order valence-electron chi connectivity index (χ3n) is 2.50. The van der Waals surface area contributed by atoms with Gasteiger partial charge in [0.05, 0.1) is 5.69 Å². The Morgan fingerprint density at radius 2 is 1.59 bits per heavy atom. The van der Waals surface area contributed by atoms with Gasteiger partial charge in [-0.05, 0) is 24.3 Å². The van der Waals surface area contributed by atoms with Crippen molar-refractivity contribution in [1.82, 2.24) is 0 Å². The lowest BCUT2D eigenvalue weighted by Gasteiger charge is -2.11. The summed E-state index contributed by atoms with van der Waals surface area (Å²) in [5.74, 6) is -2.84. The highest BCUT2D eigenvalue weighted by molar-refractivity contribution is 7.92. The zero-order valence-corrected chi connectivity index (χ0v) is 11.6. The van der Waals surface area contributed by atoms with Gasteiger partial charge in [-0.15, -0.1) is 0 Å². The van der Waals surface area contributed by atoms with E-state index in [9.17, 15) is 26.0 Å². The highest BCUT2D eigenvalue weighted by atomic mass is 32.2. The van der Waals surface area contributed by atoms with Crippen LogP contribution in [0, 0.1) is 11.6 Å². The first-order valence-electron chi connectivity index (χ1n) is 5.81. The van der Waals surface area contributed by atoms with Crippen LogP contribution in [0.3, 0.4) is 0 Å². The minimum absolute atomic E-state index is 0.180. The Balaban J connectivity index is 2.33. The molecule has 0 unspecified atom stereocenters. The van der Waals surface area contributed by atoms with Crippen LogP contribution in [0.5, 0.6) is 5.75 Å². The van der Waals surface area contributed by atoms with Crippen molar-refractivity contribution in [3.63, 3.8) is 0 Å². The van der Waals surface area contributed by atoms with E-state index < -0.39 is 33.2 Å². The molecule has 0 amide bonds. The van der Waals surface area contributed by atoms with E-state index in [-0.39, 0.29) is 11.4 Å². The van der Waals surface area contributed by atoms with Crippen molar-refractivity contribution in [3.05, 3.63) is 54.1 Å². The zero-order chi connectivity index (χ0) is 16.3. The van der Waals surface area contributed by atoms with Crippen LogP contribution < -0.4 is 9.46 Å². The van der Waals surface area contributed by atoms with E-state index in [0.29, 0.717) is 0 Å². The first-order valence-corrected chi connectivity index (χ1v) is 7.29. The summed E-state index contributed by atoms with van der Waals surface area (Å²) in [6.45, 7) is -3.09. The second-order valence-electron chi connectivity index (χ2n) is 4.06. The molecule has 0 spiro atoms. The normalized spacial score (nSPS) is 11.5. The first-order chi connectivity index (χ1) is 10.3. The van der Waals surface area contributed by atoms with Crippen LogP contribution in [0.2, 0.25) is 0 Å². The maximum atomic E-state index is 13.5. The molecule has 22 heavy (non-hydrogen) atoms. The van der Waals surface area contributed by atoms with Crippen molar-refractivity contribution in [2.24, 2.45) is 0 Å². The maximum Gasteiger partial charge on any atom is 0.387 e. The van der Waals surface area contributed by atoms with Crippen LogP contribution in [-0.2, 0) is 10.0 Å². The van der Waals surface area contributed by atoms with E-state index in [2.05, 4.69) is 4.74 Å². The molecule has 2 aromatic rings. The molecule has 118 valence electrons. The summed E-state index contributed by atoms with van der Waals surface area (Å²) in [6.07, 6.45) is 0. The Labute approximate surface area is 123 Å². The minimum atomic E-state index is -4.56. The van der Waals surface area contributed by atoms with E-state index >= 15 is 0 Å². The summed E-state index contributed by atoms with van der Waals surface area (Å²) in [4.78, 5) is -1.16. The molecule has 0 heterocycles. The molecule has 2 aromatic carbocycles. The van der Waals surface area contributed by atoms with Crippen molar-refractivity contribution < 1.29 is 30.7 Å². The Morgan fingerprint density at radius 3 is 2.18 bits per heavy atom. The fourth-order valence-corrected chi connectivity index (χ4v) is 2.87. The first kappa shape index (κ1) is 16.1. The second kappa shape index (κ2) is 6.22. The number of alkyl halides is 2. The van der Waals surface area contributed by atoms with Gasteiger partial charge >= 0.3 is 6.61 Å². The molecule has 0 aromatic heterocycles. The van der Waals surface area contributed by atoms with Gasteiger partial charge in [-0.3, -0.25) is 4.72 Å². The van der Waals surface area contributed by atoms with Crippen LogP contribution in [0.1, 0.15) is 0 Å². The summed E-state index contributed by atoms with van der Waals surface area (Å²) >= 11 is 0. The van der Waals surface area contributed by atoms with E-state index in [1.54, 1.807) is 0 Å². The van der Waals surface area contributed by atoms with Gasteiger partial charge in [0.1, 0.15) is 17.4 Å². The number of sulfonamides is 1. The van der Waals surface area contributed by atoms with Crippen LogP contribution in [0.15, 0.2) is 47.4 Å². The molecule has 4 nitrogen and oxygen atoms in total. The van der Waals surface area contributed by atoms with Gasteiger partial charge in [0.15, 0.2) is 4.90 Å². The highest BCUT2D eigenvalue weighted by Crippen LogP contribution is 2.24. The Kier molecular flexibility index (Phi) is 4.55. The molecule has 1 N–H and O–H groups in total. The third-order valence-corrected chi connectivity index (χ3v) is 3.93. The Morgan fingerprint density at radius 1 is 1.00 bits per heavy atom. The minimum Gasteiger partial charge on any atom is -0.435 e. The van der Waals surface area contributed by atoms with Gasteiger partial charge in [0.25, 0.3) is 10.0 Å². The SMILES string of the molecule is O=S(=O)(Nc1cccc(OC(F)F)c1)c1c(F)cccc1F. The Hall–Kier alpha value is -2.29. The molecule has 9 heteroatoms. The molecule has 0 aliphatic rings. The van der Waals surface area contributed by atoms with Crippen molar-refractivity contribution in [3.8, 4) is 5.75 Å². The van der Waals surface area contributed by atoms with Crippen LogP contribution in [-0.4, -0.2) is 15.0 Å². The number of anilines is 1. The smallest absolute Gasteiger partial charge is 0.387 e. The van der Waals surface area contributed by atoms with E-state index in [1.165, 1.54) is 18.2 Å². The van der Waals surface area contributed by atoms with Gasteiger partial charge in [-0.25, -0.2) is 17.2 Å². The predicted octanol–water partition coefficient (Wildman–Crippen LogP) is 3.37. The van der Waals surface area contributed by atoms with E-state index in [0.717, 1.165) is 24.3 Å². The third kappa shape index (κ3) is 3.67. The summed E-state index contributed by atoms with van der Waals surface area (Å²) in [7, 11) is -4.56. The lowest BCUT2D eigenvalue weighted by molar-refractivity contribution is -0.0497. The monoisotopic (exact) mass is 335 g/mol. The fraction of sp³-hybridized carbons (Fsp3) is 0.0769. The summed E-state index contributed by atoms with van der Waals surface area (Å²) in [5.41, 5.74) is -0.180. The molecule has 2 rings (SSSR count). The fourth-order valence-electron chi connectivity index (χ4n) is 1.68. The quantitative estimate of drug-likeness (QED) is 0.853.